The minimum absolute atomic E-state index is 0.164. The second-order valence-electron chi connectivity index (χ2n) is 2.02. The van der Waals surface area contributed by atoms with Gasteiger partial charge in [0.25, 0.3) is 0 Å². The van der Waals surface area contributed by atoms with Gasteiger partial charge in [0.2, 0.25) is 0 Å². The van der Waals surface area contributed by atoms with Crippen LogP contribution in [0, 0.1) is 0 Å². The molecule has 0 saturated carbocycles. The van der Waals surface area contributed by atoms with Crippen LogP contribution in [-0.2, 0) is 0 Å². The Bertz CT molecular complexity index is 184. The molecule has 0 nitrogen and oxygen atoms in total. The maximum Gasteiger partial charge on any atom is 0.410 e. The molecule has 0 radical (unpaired) electrons. The van der Waals surface area contributed by atoms with Gasteiger partial charge in [-0.1, -0.05) is 24.8 Å². The highest BCUT2D eigenvalue weighted by atomic mass is 19.4. The summed E-state index contributed by atoms with van der Waals surface area (Å²) in [5.41, 5.74) is 0.164. The van der Waals surface area contributed by atoms with E-state index in [1.54, 1.807) is 0 Å². The molecule has 0 heterocycles. The summed E-state index contributed by atoms with van der Waals surface area (Å²) >= 11 is 0. The Balaban J connectivity index is 4.22. The Kier molecular flexibility index (Phi) is 3.65. The third-order valence-electron chi connectivity index (χ3n) is 0.887. The second-order valence-corrected chi connectivity index (χ2v) is 2.02. The normalized spacial score (nSPS) is 14.0. The van der Waals surface area contributed by atoms with Crippen molar-refractivity contribution < 1.29 is 13.2 Å². The first kappa shape index (κ1) is 10.0. The highest BCUT2D eigenvalue weighted by molar-refractivity contribution is 5.20. The largest absolute Gasteiger partial charge is 0.410 e. The summed E-state index contributed by atoms with van der Waals surface area (Å²) < 4.78 is 34.8. The van der Waals surface area contributed by atoms with Crippen LogP contribution in [0.25, 0.3) is 0 Å². The van der Waals surface area contributed by atoms with Crippen LogP contribution in [-0.4, -0.2) is 6.18 Å². The lowest BCUT2D eigenvalue weighted by atomic mass is 10.2. The van der Waals surface area contributed by atoms with Crippen molar-refractivity contribution in [3.63, 3.8) is 0 Å². The molecule has 3 heteroatoms. The Labute approximate surface area is 63.7 Å². The third kappa shape index (κ3) is 6.90. The smallest absolute Gasteiger partial charge is 0.167 e. The Morgan fingerprint density at radius 2 is 1.91 bits per heavy atom. The Morgan fingerprint density at radius 3 is 2.27 bits per heavy atom. The highest BCUT2D eigenvalue weighted by Crippen LogP contribution is 2.18. The first-order chi connectivity index (χ1) is 4.95. The summed E-state index contributed by atoms with van der Waals surface area (Å²) in [6, 6.07) is 0. The van der Waals surface area contributed by atoms with Gasteiger partial charge in [-0.05, 0) is 12.5 Å². The predicted octanol–water partition coefficient (Wildman–Crippen LogP) is 3.24. The van der Waals surface area contributed by atoms with Gasteiger partial charge in [0.15, 0.2) is 0 Å². The average molecular weight is 162 g/mol. The predicted molar refractivity (Wildman–Crippen MR) is 39.1 cm³/mol. The van der Waals surface area contributed by atoms with Gasteiger partial charge in [-0.3, -0.25) is 0 Å². The van der Waals surface area contributed by atoms with E-state index in [2.05, 4.69) is 6.58 Å². The van der Waals surface area contributed by atoms with Crippen molar-refractivity contribution in [3.8, 4) is 0 Å². The quantitative estimate of drug-likeness (QED) is 0.547. The maximum atomic E-state index is 11.6. The van der Waals surface area contributed by atoms with E-state index in [4.69, 9.17) is 0 Å². The average Bonchev–Trinajstić information content (AvgIpc) is 1.79. The van der Waals surface area contributed by atoms with Crippen LogP contribution in [0.2, 0.25) is 0 Å². The van der Waals surface area contributed by atoms with E-state index in [1.165, 1.54) is 25.2 Å². The lowest BCUT2D eigenvalue weighted by Gasteiger charge is -1.98. The number of hydrogen-bond donors (Lipinski definition) is 0. The van der Waals surface area contributed by atoms with Crippen molar-refractivity contribution in [1.82, 2.24) is 0 Å². The number of allylic oxidation sites excluding steroid dienone is 5. The van der Waals surface area contributed by atoms with Gasteiger partial charge in [-0.15, -0.1) is 0 Å². The molecule has 0 unspecified atom stereocenters. The van der Waals surface area contributed by atoms with Crippen molar-refractivity contribution in [1.29, 1.82) is 0 Å². The zero-order chi connectivity index (χ0) is 8.91. The number of hydrogen-bond acceptors (Lipinski definition) is 0. The molecule has 0 aliphatic rings. The SMILES string of the molecule is C=C/C=C\C(C)=C/C(F)(F)F. The van der Waals surface area contributed by atoms with E-state index in [0.29, 0.717) is 0 Å². The van der Waals surface area contributed by atoms with Gasteiger partial charge in [0.05, 0.1) is 0 Å². The van der Waals surface area contributed by atoms with Gasteiger partial charge in [-0.25, -0.2) is 0 Å². The lowest BCUT2D eigenvalue weighted by molar-refractivity contribution is -0.0803. The van der Waals surface area contributed by atoms with Crippen molar-refractivity contribution >= 4 is 0 Å². The molecular formula is C8H9F3. The van der Waals surface area contributed by atoms with Gasteiger partial charge in [-0.2, -0.15) is 13.2 Å². The van der Waals surface area contributed by atoms with Crippen LogP contribution in [0.4, 0.5) is 13.2 Å². The van der Waals surface area contributed by atoms with Crippen molar-refractivity contribution in [2.75, 3.05) is 0 Å². The van der Waals surface area contributed by atoms with E-state index in [1.807, 2.05) is 0 Å². The van der Waals surface area contributed by atoms with Crippen LogP contribution in [0.5, 0.6) is 0 Å². The minimum Gasteiger partial charge on any atom is -0.167 e. The molecule has 0 saturated heterocycles. The number of alkyl halides is 3. The van der Waals surface area contributed by atoms with E-state index in [-0.39, 0.29) is 11.6 Å². The molecule has 0 aliphatic carbocycles. The number of halogens is 3. The van der Waals surface area contributed by atoms with E-state index in [0.717, 1.165) is 0 Å². The van der Waals surface area contributed by atoms with E-state index in [9.17, 15) is 13.2 Å². The molecule has 0 aromatic rings. The molecule has 0 aromatic carbocycles. The molecule has 0 amide bonds. The zero-order valence-corrected chi connectivity index (χ0v) is 6.15. The monoisotopic (exact) mass is 162 g/mol. The molecule has 62 valence electrons. The van der Waals surface area contributed by atoms with Crippen molar-refractivity contribution in [2.24, 2.45) is 0 Å². The van der Waals surface area contributed by atoms with Gasteiger partial charge < -0.3 is 0 Å². The summed E-state index contributed by atoms with van der Waals surface area (Å²) in [6.45, 7) is 4.72. The second kappa shape index (κ2) is 4.01. The molecule has 0 bridgehead atoms. The molecule has 11 heavy (non-hydrogen) atoms. The third-order valence-corrected chi connectivity index (χ3v) is 0.887. The summed E-state index contributed by atoms with van der Waals surface area (Å²) in [6.07, 6.45) is 0.244. The topological polar surface area (TPSA) is 0 Å². The van der Waals surface area contributed by atoms with Crippen LogP contribution in [0.3, 0.4) is 0 Å². The molecule has 0 aromatic heterocycles. The Morgan fingerprint density at radius 1 is 1.36 bits per heavy atom. The van der Waals surface area contributed by atoms with Crippen LogP contribution < -0.4 is 0 Å². The maximum absolute atomic E-state index is 11.6. The first-order valence-electron chi connectivity index (χ1n) is 3.01. The van der Waals surface area contributed by atoms with E-state index >= 15 is 0 Å². The summed E-state index contributed by atoms with van der Waals surface area (Å²) in [7, 11) is 0. The molecular weight excluding hydrogens is 153 g/mol. The Hall–Kier alpha value is -0.990. The highest BCUT2D eigenvalue weighted by Gasteiger charge is 2.22. The molecule has 0 N–H and O–H groups in total. The van der Waals surface area contributed by atoms with Crippen LogP contribution >= 0.6 is 0 Å². The molecule has 0 rings (SSSR count). The molecule has 0 atom stereocenters. The number of rotatable bonds is 2. The van der Waals surface area contributed by atoms with Gasteiger partial charge >= 0.3 is 6.18 Å². The fourth-order valence-corrected chi connectivity index (χ4v) is 0.526. The van der Waals surface area contributed by atoms with Crippen LogP contribution in [0.15, 0.2) is 36.5 Å². The molecule has 0 aliphatic heterocycles. The standard InChI is InChI=1S/C8H9F3/c1-3-4-5-7(2)6-8(9,10)11/h3-6H,1H2,2H3/b5-4-,7-6-. The van der Waals surface area contributed by atoms with Crippen LogP contribution in [0.1, 0.15) is 6.92 Å². The van der Waals surface area contributed by atoms with Crippen molar-refractivity contribution in [2.45, 2.75) is 13.1 Å². The molecule has 0 fully saturated rings. The fraction of sp³-hybridized carbons (Fsp3) is 0.250. The van der Waals surface area contributed by atoms with Crippen molar-refractivity contribution in [3.05, 3.63) is 36.5 Å². The van der Waals surface area contributed by atoms with Gasteiger partial charge in [0, 0.05) is 6.08 Å². The first-order valence-corrected chi connectivity index (χ1v) is 3.01. The summed E-state index contributed by atoms with van der Waals surface area (Å²) in [4.78, 5) is 0. The van der Waals surface area contributed by atoms with E-state index < -0.39 is 6.18 Å². The summed E-state index contributed by atoms with van der Waals surface area (Å²) in [5, 5.41) is 0. The molecule has 0 spiro atoms. The van der Waals surface area contributed by atoms with Gasteiger partial charge in [0.1, 0.15) is 0 Å². The zero-order valence-electron chi connectivity index (χ0n) is 6.15. The lowest BCUT2D eigenvalue weighted by Crippen LogP contribution is -2.01. The minimum atomic E-state index is -4.23. The summed E-state index contributed by atoms with van der Waals surface area (Å²) in [5.74, 6) is 0. The fourth-order valence-electron chi connectivity index (χ4n) is 0.526.